The molecular weight excluding hydrogens is 278 g/mol. The second-order valence-electron chi connectivity index (χ2n) is 5.60. The van der Waals surface area contributed by atoms with Gasteiger partial charge in [-0.05, 0) is 36.6 Å². The van der Waals surface area contributed by atoms with Gasteiger partial charge in [0.2, 0.25) is 11.7 Å². The van der Waals surface area contributed by atoms with Gasteiger partial charge < -0.3 is 8.94 Å². The molecule has 112 valence electrons. The average Bonchev–Trinajstić information content (AvgIpc) is 3.24. The van der Waals surface area contributed by atoms with Gasteiger partial charge in [-0.1, -0.05) is 29.4 Å². The lowest BCUT2D eigenvalue weighted by atomic mass is 9.99. The molecule has 22 heavy (non-hydrogen) atoms. The third-order valence-corrected chi connectivity index (χ3v) is 4.25. The van der Waals surface area contributed by atoms with E-state index in [0.717, 1.165) is 19.5 Å². The molecule has 0 amide bonds. The molecule has 0 N–H and O–H groups in total. The highest BCUT2D eigenvalue weighted by atomic mass is 16.5. The summed E-state index contributed by atoms with van der Waals surface area (Å²) in [4.78, 5) is 6.83. The Kier molecular flexibility index (Phi) is 3.27. The van der Waals surface area contributed by atoms with Crippen molar-refractivity contribution in [2.75, 3.05) is 6.54 Å². The number of hydrogen-bond acceptors (Lipinski definition) is 5. The molecule has 0 bridgehead atoms. The zero-order valence-electron chi connectivity index (χ0n) is 12.4. The van der Waals surface area contributed by atoms with E-state index in [4.69, 9.17) is 8.94 Å². The highest BCUT2D eigenvalue weighted by Gasteiger charge is 2.25. The van der Waals surface area contributed by atoms with E-state index in [-0.39, 0.29) is 6.04 Å². The lowest BCUT2D eigenvalue weighted by Crippen LogP contribution is -2.33. The van der Waals surface area contributed by atoms with Crippen LogP contribution in [-0.2, 0) is 13.0 Å². The minimum Gasteiger partial charge on any atom is -0.461 e. The van der Waals surface area contributed by atoms with Gasteiger partial charge in [0.25, 0.3) is 0 Å². The van der Waals surface area contributed by atoms with Gasteiger partial charge in [-0.3, -0.25) is 4.90 Å². The smallest absolute Gasteiger partial charge is 0.244 e. The Morgan fingerprint density at radius 3 is 2.82 bits per heavy atom. The molecule has 2 aromatic heterocycles. The van der Waals surface area contributed by atoms with Crippen molar-refractivity contribution in [2.45, 2.75) is 25.9 Å². The van der Waals surface area contributed by atoms with E-state index in [1.807, 2.05) is 12.1 Å². The molecule has 0 radical (unpaired) electrons. The molecule has 0 saturated carbocycles. The maximum absolute atomic E-state index is 5.43. The second-order valence-corrected chi connectivity index (χ2v) is 5.60. The van der Waals surface area contributed by atoms with Gasteiger partial charge in [-0.15, -0.1) is 0 Å². The minimum absolute atomic E-state index is 0.0876. The molecule has 4 rings (SSSR count). The fourth-order valence-corrected chi connectivity index (χ4v) is 2.92. The third-order valence-electron chi connectivity index (χ3n) is 4.25. The van der Waals surface area contributed by atoms with Crippen LogP contribution >= 0.6 is 0 Å². The minimum atomic E-state index is 0.0876. The molecule has 1 aliphatic rings. The Morgan fingerprint density at radius 2 is 2.00 bits per heavy atom. The van der Waals surface area contributed by atoms with Crippen molar-refractivity contribution >= 4 is 0 Å². The van der Waals surface area contributed by atoms with Crippen molar-refractivity contribution in [3.05, 3.63) is 59.7 Å². The molecule has 3 aromatic rings. The van der Waals surface area contributed by atoms with Crippen LogP contribution in [0, 0.1) is 0 Å². The Hall–Kier alpha value is -2.40. The quantitative estimate of drug-likeness (QED) is 0.740. The van der Waals surface area contributed by atoms with Crippen LogP contribution in [0.5, 0.6) is 0 Å². The Morgan fingerprint density at radius 1 is 1.14 bits per heavy atom. The molecule has 3 heterocycles. The largest absolute Gasteiger partial charge is 0.461 e. The van der Waals surface area contributed by atoms with E-state index < -0.39 is 0 Å². The summed E-state index contributed by atoms with van der Waals surface area (Å²) in [5.41, 5.74) is 2.82. The van der Waals surface area contributed by atoms with Gasteiger partial charge in [0.15, 0.2) is 5.76 Å². The maximum atomic E-state index is 5.43. The number of benzene rings is 1. The summed E-state index contributed by atoms with van der Waals surface area (Å²) in [5, 5.41) is 4.01. The van der Waals surface area contributed by atoms with Crippen LogP contribution in [0.3, 0.4) is 0 Å². The third kappa shape index (κ3) is 2.33. The van der Waals surface area contributed by atoms with Gasteiger partial charge in [-0.2, -0.15) is 4.98 Å². The number of rotatable bonds is 3. The molecule has 1 atom stereocenters. The SMILES string of the molecule is C[C@H](c1nc(-c2ccco2)no1)N1CCc2ccccc2C1. The summed E-state index contributed by atoms with van der Waals surface area (Å²) in [6.07, 6.45) is 2.66. The first kappa shape index (κ1) is 13.3. The van der Waals surface area contributed by atoms with E-state index in [9.17, 15) is 0 Å². The monoisotopic (exact) mass is 295 g/mol. The number of fused-ring (bicyclic) bond motifs is 1. The molecule has 0 saturated heterocycles. The summed E-state index contributed by atoms with van der Waals surface area (Å²) in [5.74, 6) is 1.77. The maximum Gasteiger partial charge on any atom is 0.244 e. The van der Waals surface area contributed by atoms with E-state index in [0.29, 0.717) is 17.5 Å². The van der Waals surface area contributed by atoms with Crippen LogP contribution in [0.15, 0.2) is 51.6 Å². The zero-order chi connectivity index (χ0) is 14.9. The summed E-state index contributed by atoms with van der Waals surface area (Å²) >= 11 is 0. The zero-order valence-corrected chi connectivity index (χ0v) is 12.4. The molecular formula is C17H17N3O2. The van der Waals surface area contributed by atoms with Crippen molar-refractivity contribution < 1.29 is 8.94 Å². The lowest BCUT2D eigenvalue weighted by molar-refractivity contribution is 0.158. The van der Waals surface area contributed by atoms with Gasteiger partial charge in [0, 0.05) is 13.1 Å². The summed E-state index contributed by atoms with van der Waals surface area (Å²) in [6, 6.07) is 12.3. The average molecular weight is 295 g/mol. The van der Waals surface area contributed by atoms with Crippen molar-refractivity contribution in [3.8, 4) is 11.6 Å². The molecule has 0 fully saturated rings. The fraction of sp³-hybridized carbons (Fsp3) is 0.294. The van der Waals surface area contributed by atoms with Gasteiger partial charge in [0.1, 0.15) is 0 Å². The molecule has 1 aromatic carbocycles. The predicted octanol–water partition coefficient (Wildman–Crippen LogP) is 3.45. The highest BCUT2D eigenvalue weighted by Crippen LogP contribution is 2.28. The number of aromatic nitrogens is 2. The number of hydrogen-bond donors (Lipinski definition) is 0. The highest BCUT2D eigenvalue weighted by molar-refractivity contribution is 5.44. The Labute approximate surface area is 128 Å². The Bertz CT molecular complexity index is 764. The van der Waals surface area contributed by atoms with E-state index in [1.54, 1.807) is 6.26 Å². The van der Waals surface area contributed by atoms with Crippen molar-refractivity contribution in [2.24, 2.45) is 0 Å². The summed E-state index contributed by atoms with van der Waals surface area (Å²) < 4.78 is 10.7. The van der Waals surface area contributed by atoms with Crippen LogP contribution < -0.4 is 0 Å². The first-order chi connectivity index (χ1) is 10.8. The second kappa shape index (κ2) is 5.42. The number of furan rings is 1. The van der Waals surface area contributed by atoms with Crippen LogP contribution in [-0.4, -0.2) is 21.6 Å². The van der Waals surface area contributed by atoms with Crippen LogP contribution in [0.4, 0.5) is 0 Å². The number of nitrogens with zero attached hydrogens (tertiary/aromatic N) is 3. The fourth-order valence-electron chi connectivity index (χ4n) is 2.92. The summed E-state index contributed by atoms with van der Waals surface area (Å²) in [7, 11) is 0. The van der Waals surface area contributed by atoms with E-state index >= 15 is 0 Å². The van der Waals surface area contributed by atoms with E-state index in [1.165, 1.54) is 11.1 Å². The normalized spacial score (nSPS) is 16.4. The molecule has 0 unspecified atom stereocenters. The summed E-state index contributed by atoms with van der Waals surface area (Å²) in [6.45, 7) is 4.01. The van der Waals surface area contributed by atoms with Gasteiger partial charge in [-0.25, -0.2) is 0 Å². The van der Waals surface area contributed by atoms with Crippen LogP contribution in [0.25, 0.3) is 11.6 Å². The molecule has 0 aliphatic carbocycles. The van der Waals surface area contributed by atoms with Gasteiger partial charge >= 0.3 is 0 Å². The van der Waals surface area contributed by atoms with E-state index in [2.05, 4.69) is 46.2 Å². The van der Waals surface area contributed by atoms with Gasteiger partial charge in [0.05, 0.1) is 12.3 Å². The lowest BCUT2D eigenvalue weighted by Gasteiger charge is -2.31. The van der Waals surface area contributed by atoms with Crippen molar-refractivity contribution in [1.82, 2.24) is 15.0 Å². The first-order valence-corrected chi connectivity index (χ1v) is 7.49. The predicted molar refractivity (Wildman–Crippen MR) is 81.0 cm³/mol. The van der Waals surface area contributed by atoms with Crippen molar-refractivity contribution in [3.63, 3.8) is 0 Å². The Balaban J connectivity index is 1.54. The molecule has 5 heteroatoms. The van der Waals surface area contributed by atoms with Crippen molar-refractivity contribution in [1.29, 1.82) is 0 Å². The van der Waals surface area contributed by atoms with Crippen LogP contribution in [0.2, 0.25) is 0 Å². The molecule has 5 nitrogen and oxygen atoms in total. The standard InChI is InChI=1S/C17H17N3O2/c1-12(17-18-16(19-22-17)15-7-4-10-21-15)20-9-8-13-5-2-3-6-14(13)11-20/h2-7,10,12H,8-9,11H2,1H3/t12-/m1/s1. The molecule has 1 aliphatic heterocycles. The topological polar surface area (TPSA) is 55.3 Å². The van der Waals surface area contributed by atoms with Crippen LogP contribution in [0.1, 0.15) is 30.0 Å². The molecule has 0 spiro atoms. The first-order valence-electron chi connectivity index (χ1n) is 7.49.